The summed E-state index contributed by atoms with van der Waals surface area (Å²) in [4.78, 5) is 7.22. The molecule has 5 nitrogen and oxygen atoms in total. The Labute approximate surface area is 113 Å². The van der Waals surface area contributed by atoms with Crippen molar-refractivity contribution in [1.29, 1.82) is 0 Å². The van der Waals surface area contributed by atoms with Crippen molar-refractivity contribution in [3.05, 3.63) is 30.1 Å². The number of rotatable bonds is 4. The van der Waals surface area contributed by atoms with Crippen LogP contribution in [-0.4, -0.2) is 47.2 Å². The molecule has 2 heterocycles. The van der Waals surface area contributed by atoms with E-state index in [1.165, 1.54) is 5.52 Å². The topological polar surface area (TPSA) is 59.1 Å². The molecule has 0 atom stereocenters. The van der Waals surface area contributed by atoms with Gasteiger partial charge in [0.15, 0.2) is 0 Å². The Morgan fingerprint density at radius 3 is 2.79 bits per heavy atom. The largest absolute Gasteiger partial charge is 0.329 e. The quantitative estimate of drug-likeness (QED) is 0.834. The zero-order chi connectivity index (χ0) is 13.1. The molecule has 3 N–H and O–H groups in total. The normalized spacial score (nSPS) is 17.1. The zero-order valence-corrected chi connectivity index (χ0v) is 11.2. The van der Waals surface area contributed by atoms with Crippen LogP contribution >= 0.6 is 0 Å². The van der Waals surface area contributed by atoms with E-state index in [0.29, 0.717) is 6.54 Å². The fraction of sp³-hybridized carbons (Fsp3) is 0.500. The summed E-state index contributed by atoms with van der Waals surface area (Å²) in [5.41, 5.74) is 8.00. The first-order valence-corrected chi connectivity index (χ1v) is 6.96. The van der Waals surface area contributed by atoms with Crippen LogP contribution in [0.5, 0.6) is 0 Å². The van der Waals surface area contributed by atoms with Gasteiger partial charge in [0.05, 0.1) is 17.6 Å². The lowest BCUT2D eigenvalue weighted by Gasteiger charge is -2.27. The van der Waals surface area contributed by atoms with E-state index in [4.69, 9.17) is 10.7 Å². The molecule has 0 unspecified atom stereocenters. The monoisotopic (exact) mass is 259 g/mol. The average Bonchev–Trinajstić information content (AvgIpc) is 2.79. The highest BCUT2D eigenvalue weighted by Crippen LogP contribution is 2.17. The number of imidazole rings is 1. The van der Waals surface area contributed by atoms with Crippen LogP contribution in [0.15, 0.2) is 24.3 Å². The average molecular weight is 259 g/mol. The summed E-state index contributed by atoms with van der Waals surface area (Å²) >= 11 is 0. The van der Waals surface area contributed by atoms with Crippen LogP contribution in [0.2, 0.25) is 0 Å². The molecule has 0 radical (unpaired) electrons. The summed E-state index contributed by atoms with van der Waals surface area (Å²) in [6, 6.07) is 8.30. The van der Waals surface area contributed by atoms with Gasteiger partial charge in [-0.2, -0.15) is 0 Å². The van der Waals surface area contributed by atoms with Crippen molar-refractivity contribution in [1.82, 2.24) is 19.8 Å². The van der Waals surface area contributed by atoms with Gasteiger partial charge in [0.25, 0.3) is 0 Å². The van der Waals surface area contributed by atoms with Crippen LogP contribution in [0.4, 0.5) is 0 Å². The number of fused-ring (bicyclic) bond motifs is 1. The molecule has 102 valence electrons. The maximum absolute atomic E-state index is 5.74. The summed E-state index contributed by atoms with van der Waals surface area (Å²) in [5.74, 6) is 1.13. The van der Waals surface area contributed by atoms with E-state index < -0.39 is 0 Å². The van der Waals surface area contributed by atoms with E-state index >= 15 is 0 Å². The minimum absolute atomic E-state index is 0.648. The van der Waals surface area contributed by atoms with Gasteiger partial charge in [-0.1, -0.05) is 12.1 Å². The van der Waals surface area contributed by atoms with Gasteiger partial charge in [0.2, 0.25) is 0 Å². The molecule has 0 spiro atoms. The summed E-state index contributed by atoms with van der Waals surface area (Å²) in [7, 11) is 0. The Morgan fingerprint density at radius 1 is 1.21 bits per heavy atom. The molecule has 1 aromatic carbocycles. The van der Waals surface area contributed by atoms with Gasteiger partial charge in [0.1, 0.15) is 5.82 Å². The van der Waals surface area contributed by atoms with Gasteiger partial charge in [-0.05, 0) is 12.1 Å². The molecule has 1 aliphatic rings. The van der Waals surface area contributed by atoms with E-state index in [-0.39, 0.29) is 0 Å². The summed E-state index contributed by atoms with van der Waals surface area (Å²) < 4.78 is 2.26. The van der Waals surface area contributed by atoms with Gasteiger partial charge in [-0.15, -0.1) is 0 Å². The third-order valence-corrected chi connectivity index (χ3v) is 3.66. The molecule has 2 aromatic rings. The Hall–Kier alpha value is -1.43. The van der Waals surface area contributed by atoms with Gasteiger partial charge in [-0.25, -0.2) is 4.98 Å². The van der Waals surface area contributed by atoms with E-state index in [9.17, 15) is 0 Å². The van der Waals surface area contributed by atoms with E-state index in [1.54, 1.807) is 0 Å². The van der Waals surface area contributed by atoms with Crippen LogP contribution in [0.1, 0.15) is 5.82 Å². The molecule has 1 aromatic heterocycles. The number of hydrogen-bond donors (Lipinski definition) is 2. The first-order chi connectivity index (χ1) is 9.38. The van der Waals surface area contributed by atoms with Crippen molar-refractivity contribution < 1.29 is 0 Å². The standard InChI is InChI=1S/C14H21N5/c15-5-8-19-13-4-2-1-3-12(13)17-14(19)11-18-9-6-16-7-10-18/h1-4,16H,5-11,15H2. The van der Waals surface area contributed by atoms with E-state index in [1.807, 2.05) is 6.07 Å². The molecule has 3 rings (SSSR count). The number of para-hydroxylation sites is 2. The second-order valence-electron chi connectivity index (χ2n) is 4.98. The Morgan fingerprint density at radius 2 is 2.00 bits per heavy atom. The molecule has 1 aliphatic heterocycles. The highest BCUT2D eigenvalue weighted by atomic mass is 15.2. The predicted molar refractivity (Wildman–Crippen MR) is 76.9 cm³/mol. The maximum Gasteiger partial charge on any atom is 0.124 e. The number of hydrogen-bond acceptors (Lipinski definition) is 4. The van der Waals surface area contributed by atoms with Crippen molar-refractivity contribution in [2.75, 3.05) is 32.7 Å². The van der Waals surface area contributed by atoms with Crippen LogP contribution < -0.4 is 11.1 Å². The zero-order valence-electron chi connectivity index (χ0n) is 11.2. The Kier molecular flexibility index (Phi) is 3.77. The first-order valence-electron chi connectivity index (χ1n) is 6.96. The van der Waals surface area contributed by atoms with Gasteiger partial charge in [-0.3, -0.25) is 4.90 Å². The van der Waals surface area contributed by atoms with Gasteiger partial charge >= 0.3 is 0 Å². The molecule has 5 heteroatoms. The first kappa shape index (κ1) is 12.6. The van der Waals surface area contributed by atoms with E-state index in [2.05, 4.69) is 33.0 Å². The molecule has 1 fully saturated rings. The summed E-state index contributed by atoms with van der Waals surface area (Å²) in [6.07, 6.45) is 0. The molecule has 0 aliphatic carbocycles. The third kappa shape index (κ3) is 2.63. The highest BCUT2D eigenvalue weighted by molar-refractivity contribution is 5.75. The number of piperazine rings is 1. The molecule has 0 saturated carbocycles. The van der Waals surface area contributed by atoms with E-state index in [0.717, 1.165) is 50.6 Å². The fourth-order valence-corrected chi connectivity index (χ4v) is 2.69. The second kappa shape index (κ2) is 5.69. The molecular weight excluding hydrogens is 238 g/mol. The molecule has 0 amide bonds. The Bertz CT molecular complexity index is 542. The number of nitrogens with zero attached hydrogens (tertiary/aromatic N) is 3. The lowest BCUT2D eigenvalue weighted by molar-refractivity contribution is 0.225. The lowest BCUT2D eigenvalue weighted by Crippen LogP contribution is -2.43. The number of nitrogens with one attached hydrogen (secondary N) is 1. The van der Waals surface area contributed by atoms with Gasteiger partial charge in [0, 0.05) is 39.3 Å². The molecule has 19 heavy (non-hydrogen) atoms. The Balaban J connectivity index is 1.90. The van der Waals surface area contributed by atoms with Crippen molar-refractivity contribution >= 4 is 11.0 Å². The third-order valence-electron chi connectivity index (χ3n) is 3.66. The molecule has 1 saturated heterocycles. The molecular formula is C14H21N5. The van der Waals surface area contributed by atoms with Crippen LogP contribution in [-0.2, 0) is 13.1 Å². The van der Waals surface area contributed by atoms with Crippen molar-refractivity contribution in [3.63, 3.8) is 0 Å². The maximum atomic E-state index is 5.74. The number of aromatic nitrogens is 2. The minimum atomic E-state index is 0.648. The van der Waals surface area contributed by atoms with Crippen LogP contribution in [0.25, 0.3) is 11.0 Å². The molecule has 0 bridgehead atoms. The van der Waals surface area contributed by atoms with Crippen molar-refractivity contribution in [3.8, 4) is 0 Å². The second-order valence-corrected chi connectivity index (χ2v) is 4.98. The number of nitrogens with two attached hydrogens (primary N) is 1. The van der Waals surface area contributed by atoms with Gasteiger partial charge < -0.3 is 15.6 Å². The van der Waals surface area contributed by atoms with Crippen molar-refractivity contribution in [2.24, 2.45) is 5.73 Å². The highest BCUT2D eigenvalue weighted by Gasteiger charge is 2.15. The van der Waals surface area contributed by atoms with Crippen LogP contribution in [0.3, 0.4) is 0 Å². The fourth-order valence-electron chi connectivity index (χ4n) is 2.69. The summed E-state index contributed by atoms with van der Waals surface area (Å²) in [5, 5.41) is 3.38. The summed E-state index contributed by atoms with van der Waals surface area (Å²) in [6.45, 7) is 6.71. The lowest BCUT2D eigenvalue weighted by atomic mass is 10.3. The van der Waals surface area contributed by atoms with Crippen molar-refractivity contribution in [2.45, 2.75) is 13.1 Å². The predicted octanol–water partition coefficient (Wildman–Crippen LogP) is 0.400. The van der Waals surface area contributed by atoms with Crippen LogP contribution in [0, 0.1) is 0 Å². The minimum Gasteiger partial charge on any atom is -0.329 e. The smallest absolute Gasteiger partial charge is 0.124 e. The number of benzene rings is 1. The SMILES string of the molecule is NCCn1c(CN2CCNCC2)nc2ccccc21.